The normalized spacial score (nSPS) is 37.0. The summed E-state index contributed by atoms with van der Waals surface area (Å²) in [6, 6.07) is 5.93. The maximum absolute atomic E-state index is 13.9. The largest absolute Gasteiger partial charge is 0.342 e. The number of nitrogens with one attached hydrogen (secondary N) is 1. The predicted octanol–water partition coefficient (Wildman–Crippen LogP) is 2.16. The molecular weight excluding hydrogens is 345 g/mol. The minimum atomic E-state index is -1.03. The zero-order valence-corrected chi connectivity index (χ0v) is 15.0. The highest BCUT2D eigenvalue weighted by atomic mass is 19.1. The highest BCUT2D eigenvalue weighted by Gasteiger charge is 2.62. The van der Waals surface area contributed by atoms with Gasteiger partial charge in [-0.25, -0.2) is 4.39 Å². The first-order valence-corrected chi connectivity index (χ1v) is 8.57. The zero-order valence-electron chi connectivity index (χ0n) is 15.0. The van der Waals surface area contributed by atoms with Crippen LogP contribution in [0.3, 0.4) is 0 Å². The van der Waals surface area contributed by atoms with Gasteiger partial charge >= 0.3 is 0 Å². The second-order valence-corrected chi connectivity index (χ2v) is 7.56. The molecule has 0 aliphatic carbocycles. The lowest BCUT2D eigenvalue weighted by molar-refractivity contribution is -0.229. The van der Waals surface area contributed by atoms with Gasteiger partial charge in [-0.1, -0.05) is 12.1 Å². The van der Waals surface area contributed by atoms with Crippen LogP contribution in [-0.4, -0.2) is 48.2 Å². The lowest BCUT2D eigenvalue weighted by Gasteiger charge is -2.36. The Morgan fingerprint density at radius 1 is 0.962 bits per heavy atom. The Balaban J connectivity index is 1.59. The van der Waals surface area contributed by atoms with Crippen LogP contribution in [0.25, 0.3) is 0 Å². The molecule has 8 heteroatoms. The van der Waals surface area contributed by atoms with Crippen molar-refractivity contribution in [2.24, 2.45) is 0 Å². The summed E-state index contributed by atoms with van der Waals surface area (Å²) in [5.74, 6) is -2.83. The molecule has 1 N–H and O–H groups in total. The van der Waals surface area contributed by atoms with E-state index < -0.39 is 54.0 Å². The van der Waals surface area contributed by atoms with E-state index in [2.05, 4.69) is 5.32 Å². The van der Waals surface area contributed by atoms with Gasteiger partial charge in [-0.15, -0.1) is 0 Å². The third-order valence-corrected chi connectivity index (χ3v) is 4.54. The van der Waals surface area contributed by atoms with Crippen molar-refractivity contribution in [1.82, 2.24) is 0 Å². The van der Waals surface area contributed by atoms with Crippen LogP contribution >= 0.6 is 0 Å². The van der Waals surface area contributed by atoms with Crippen molar-refractivity contribution >= 4 is 11.6 Å². The second kappa shape index (κ2) is 5.97. The summed E-state index contributed by atoms with van der Waals surface area (Å²) in [7, 11) is 0. The number of rotatable bonds is 2. The molecule has 7 nitrogen and oxygen atoms in total. The molecule has 1 aromatic carbocycles. The molecule has 142 valence electrons. The van der Waals surface area contributed by atoms with E-state index in [4.69, 9.17) is 23.7 Å². The van der Waals surface area contributed by atoms with E-state index in [1.54, 1.807) is 39.8 Å². The number of benzene rings is 1. The van der Waals surface area contributed by atoms with Crippen LogP contribution in [0.2, 0.25) is 0 Å². The van der Waals surface area contributed by atoms with Gasteiger partial charge in [-0.3, -0.25) is 4.79 Å². The highest BCUT2D eigenvalue weighted by Crippen LogP contribution is 2.44. The van der Waals surface area contributed by atoms with E-state index in [0.717, 1.165) is 0 Å². The van der Waals surface area contributed by atoms with Crippen molar-refractivity contribution in [2.45, 2.75) is 70.0 Å². The van der Waals surface area contributed by atoms with Gasteiger partial charge in [0.1, 0.15) is 24.1 Å². The number of para-hydroxylation sites is 1. The fourth-order valence-electron chi connectivity index (χ4n) is 3.59. The minimum absolute atomic E-state index is 0.0712. The van der Waals surface area contributed by atoms with Crippen molar-refractivity contribution in [3.8, 4) is 0 Å². The minimum Gasteiger partial charge on any atom is -0.342 e. The Morgan fingerprint density at radius 2 is 1.58 bits per heavy atom. The Hall–Kier alpha value is -1.58. The Kier molecular flexibility index (Phi) is 4.09. The number of fused-ring (bicyclic) bond motifs is 3. The van der Waals surface area contributed by atoms with E-state index in [1.807, 2.05) is 0 Å². The monoisotopic (exact) mass is 367 g/mol. The lowest BCUT2D eigenvalue weighted by Crippen LogP contribution is -2.58. The average molecular weight is 367 g/mol. The van der Waals surface area contributed by atoms with Crippen molar-refractivity contribution < 1.29 is 32.9 Å². The quantitative estimate of drug-likeness (QED) is 0.863. The number of anilines is 1. The summed E-state index contributed by atoms with van der Waals surface area (Å²) >= 11 is 0. The van der Waals surface area contributed by atoms with Gasteiger partial charge in [0.05, 0.1) is 5.69 Å². The van der Waals surface area contributed by atoms with Gasteiger partial charge in [0.25, 0.3) is 5.91 Å². The SMILES string of the molecule is CC1(C)O[C@H]2[C@@H](O1)[C@@H](C(=O)Nc1ccccc1F)O[C@H]1OC(C)(C)O[C@@H]12. The van der Waals surface area contributed by atoms with Gasteiger partial charge in [-0.05, 0) is 39.8 Å². The van der Waals surface area contributed by atoms with Gasteiger partial charge in [-0.2, -0.15) is 0 Å². The third kappa shape index (κ3) is 3.12. The van der Waals surface area contributed by atoms with E-state index in [1.165, 1.54) is 12.1 Å². The van der Waals surface area contributed by atoms with Gasteiger partial charge < -0.3 is 29.0 Å². The Morgan fingerprint density at radius 3 is 2.31 bits per heavy atom. The summed E-state index contributed by atoms with van der Waals surface area (Å²) in [6.07, 6.45) is -3.56. The van der Waals surface area contributed by atoms with E-state index >= 15 is 0 Å². The number of ether oxygens (including phenoxy) is 5. The molecule has 0 bridgehead atoms. The summed E-state index contributed by atoms with van der Waals surface area (Å²) in [4.78, 5) is 12.8. The topological polar surface area (TPSA) is 75.3 Å². The molecule has 26 heavy (non-hydrogen) atoms. The number of halogens is 1. The molecule has 0 aromatic heterocycles. The first-order chi connectivity index (χ1) is 12.2. The summed E-state index contributed by atoms with van der Waals surface area (Å²) in [6.45, 7) is 7.04. The van der Waals surface area contributed by atoms with Crippen molar-refractivity contribution in [1.29, 1.82) is 0 Å². The maximum atomic E-state index is 13.9. The van der Waals surface area contributed by atoms with E-state index in [0.29, 0.717) is 0 Å². The number of carbonyl (C=O) groups is 1. The van der Waals surface area contributed by atoms with Crippen molar-refractivity contribution in [2.75, 3.05) is 5.32 Å². The number of hydrogen-bond donors (Lipinski definition) is 1. The first-order valence-electron chi connectivity index (χ1n) is 8.57. The van der Waals surface area contributed by atoms with Gasteiger partial charge in [0.15, 0.2) is 24.0 Å². The summed E-state index contributed by atoms with van der Waals surface area (Å²) in [5.41, 5.74) is 0.0712. The molecule has 3 saturated heterocycles. The van der Waals surface area contributed by atoms with Crippen LogP contribution < -0.4 is 5.32 Å². The fraction of sp³-hybridized carbons (Fsp3) is 0.611. The lowest BCUT2D eigenvalue weighted by atomic mass is 9.98. The maximum Gasteiger partial charge on any atom is 0.256 e. The van der Waals surface area contributed by atoms with Crippen molar-refractivity contribution in [3.05, 3.63) is 30.1 Å². The Bertz CT molecular complexity index is 723. The third-order valence-electron chi connectivity index (χ3n) is 4.54. The molecule has 0 saturated carbocycles. The van der Waals surface area contributed by atoms with Crippen LogP contribution in [0, 0.1) is 5.82 Å². The Labute approximate surface area is 150 Å². The number of amides is 1. The highest BCUT2D eigenvalue weighted by molar-refractivity contribution is 5.95. The molecular formula is C18H22FNO6. The molecule has 3 aliphatic rings. The zero-order chi connectivity index (χ0) is 18.7. The fourth-order valence-corrected chi connectivity index (χ4v) is 3.59. The van der Waals surface area contributed by atoms with Crippen LogP contribution in [0.4, 0.5) is 10.1 Å². The molecule has 5 atom stereocenters. The van der Waals surface area contributed by atoms with Crippen molar-refractivity contribution in [3.63, 3.8) is 0 Å². The molecule has 3 aliphatic heterocycles. The van der Waals surface area contributed by atoms with Crippen LogP contribution in [-0.2, 0) is 28.5 Å². The first kappa shape index (κ1) is 17.8. The standard InChI is InChI=1S/C18H22FNO6/c1-17(2)23-11-12(24-17)14-16(26-18(3,4)25-14)22-13(11)15(21)20-10-8-6-5-7-9(10)19/h5-8,11-14,16H,1-4H3,(H,20,21)/t11-,12+,13+,14-,16+/m1/s1. The van der Waals surface area contributed by atoms with Gasteiger partial charge in [0.2, 0.25) is 0 Å². The van der Waals surface area contributed by atoms with Crippen LogP contribution in [0.1, 0.15) is 27.7 Å². The van der Waals surface area contributed by atoms with Gasteiger partial charge in [0, 0.05) is 0 Å². The average Bonchev–Trinajstić information content (AvgIpc) is 3.02. The molecule has 0 radical (unpaired) electrons. The smallest absolute Gasteiger partial charge is 0.256 e. The predicted molar refractivity (Wildman–Crippen MR) is 87.6 cm³/mol. The molecule has 0 unspecified atom stereocenters. The van der Waals surface area contributed by atoms with Crippen LogP contribution in [0.5, 0.6) is 0 Å². The molecule has 0 spiro atoms. The molecule has 4 rings (SSSR count). The number of carbonyl (C=O) groups excluding carboxylic acids is 1. The number of hydrogen-bond acceptors (Lipinski definition) is 6. The summed E-state index contributed by atoms with van der Waals surface area (Å²) in [5, 5.41) is 2.55. The van der Waals surface area contributed by atoms with Crippen LogP contribution in [0.15, 0.2) is 24.3 Å². The molecule has 1 aromatic rings. The molecule has 3 heterocycles. The van der Waals surface area contributed by atoms with E-state index in [9.17, 15) is 9.18 Å². The molecule has 3 fully saturated rings. The second-order valence-electron chi connectivity index (χ2n) is 7.56. The summed E-state index contributed by atoms with van der Waals surface area (Å²) < 4.78 is 43.2. The van der Waals surface area contributed by atoms with E-state index in [-0.39, 0.29) is 5.69 Å². The molecule has 1 amide bonds.